The first-order valence-corrected chi connectivity index (χ1v) is 6.28. The van der Waals surface area contributed by atoms with E-state index in [2.05, 4.69) is 10.1 Å². The molecule has 1 heterocycles. The van der Waals surface area contributed by atoms with Gasteiger partial charge in [-0.2, -0.15) is 4.98 Å². The molecule has 0 atom stereocenters. The predicted octanol–water partition coefficient (Wildman–Crippen LogP) is 3.96. The van der Waals surface area contributed by atoms with Crippen LogP contribution in [0.1, 0.15) is 12.8 Å². The van der Waals surface area contributed by atoms with Gasteiger partial charge in [0.2, 0.25) is 5.82 Å². The van der Waals surface area contributed by atoms with Crippen LogP contribution in [0.15, 0.2) is 28.8 Å². The number of alkyl halides is 3. The molecule has 0 aliphatic carbocycles. The Labute approximate surface area is 119 Å². The number of aromatic nitrogens is 2. The monoisotopic (exact) mass is 306 g/mol. The third-order valence-corrected chi connectivity index (χ3v) is 2.56. The molecular formula is C11H9Cl3N2O2. The molecule has 0 radical (unpaired) electrons. The first kappa shape index (κ1) is 13.5. The van der Waals surface area contributed by atoms with Crippen molar-refractivity contribution >= 4 is 34.8 Å². The summed E-state index contributed by atoms with van der Waals surface area (Å²) in [5.74, 6) is 0.998. The minimum absolute atomic E-state index is 0.0655. The molecule has 0 spiro atoms. The van der Waals surface area contributed by atoms with E-state index in [1.54, 1.807) is 6.07 Å². The van der Waals surface area contributed by atoms with Gasteiger partial charge in [-0.1, -0.05) is 52.1 Å². The zero-order valence-electron chi connectivity index (χ0n) is 9.36. The molecule has 0 unspecified atom stereocenters. The zero-order chi connectivity index (χ0) is 13.2. The van der Waals surface area contributed by atoms with Crippen molar-refractivity contribution in [2.24, 2.45) is 0 Å². The van der Waals surface area contributed by atoms with Gasteiger partial charge in [0.15, 0.2) is 0 Å². The minimum Gasteiger partial charge on any atom is -0.494 e. The van der Waals surface area contributed by atoms with Crippen molar-refractivity contribution in [3.63, 3.8) is 0 Å². The summed E-state index contributed by atoms with van der Waals surface area (Å²) in [5.41, 5.74) is 0.727. The van der Waals surface area contributed by atoms with Crippen LogP contribution in [0.5, 0.6) is 5.75 Å². The maximum atomic E-state index is 5.65. The molecular weight excluding hydrogens is 298 g/mol. The van der Waals surface area contributed by atoms with Gasteiger partial charge in [0.05, 0.1) is 6.61 Å². The molecule has 0 amide bonds. The molecule has 0 aliphatic rings. The second kappa shape index (κ2) is 5.34. The lowest BCUT2D eigenvalue weighted by molar-refractivity contribution is 0.340. The van der Waals surface area contributed by atoms with Crippen LogP contribution in [0.2, 0.25) is 0 Å². The van der Waals surface area contributed by atoms with E-state index in [0.717, 1.165) is 11.3 Å². The highest BCUT2D eigenvalue weighted by atomic mass is 35.6. The number of rotatable bonds is 3. The smallest absolute Gasteiger partial charge is 0.279 e. The standard InChI is InChI=1S/C11H9Cl3N2O2/c1-2-17-8-5-3-4-7(6-8)9-15-10(18-16-9)11(12,13)14/h3-6H,2H2,1H3. The van der Waals surface area contributed by atoms with E-state index in [0.29, 0.717) is 12.4 Å². The topological polar surface area (TPSA) is 48.2 Å². The molecule has 18 heavy (non-hydrogen) atoms. The third-order valence-electron chi connectivity index (χ3n) is 2.07. The molecule has 0 N–H and O–H groups in total. The van der Waals surface area contributed by atoms with E-state index in [1.165, 1.54) is 0 Å². The van der Waals surface area contributed by atoms with E-state index in [1.807, 2.05) is 25.1 Å². The number of nitrogens with zero attached hydrogens (tertiary/aromatic N) is 2. The van der Waals surface area contributed by atoms with E-state index < -0.39 is 3.79 Å². The van der Waals surface area contributed by atoms with Crippen molar-refractivity contribution in [3.05, 3.63) is 30.2 Å². The highest BCUT2D eigenvalue weighted by Crippen LogP contribution is 2.37. The average Bonchev–Trinajstić information content (AvgIpc) is 2.78. The molecule has 1 aromatic heterocycles. The molecule has 0 fully saturated rings. The number of hydrogen-bond donors (Lipinski definition) is 0. The Kier molecular flexibility index (Phi) is 4.00. The van der Waals surface area contributed by atoms with Crippen LogP contribution in [0.3, 0.4) is 0 Å². The Hall–Kier alpha value is -0.970. The second-order valence-corrected chi connectivity index (χ2v) is 5.66. The van der Waals surface area contributed by atoms with Crippen LogP contribution in [-0.4, -0.2) is 16.7 Å². The minimum atomic E-state index is -1.72. The Morgan fingerprint density at radius 2 is 2.11 bits per heavy atom. The van der Waals surface area contributed by atoms with Crippen LogP contribution in [-0.2, 0) is 3.79 Å². The van der Waals surface area contributed by atoms with Gasteiger partial charge in [0.1, 0.15) is 5.75 Å². The average molecular weight is 308 g/mol. The lowest BCUT2D eigenvalue weighted by Crippen LogP contribution is -1.99. The van der Waals surface area contributed by atoms with Gasteiger partial charge < -0.3 is 9.26 Å². The fraction of sp³-hybridized carbons (Fsp3) is 0.273. The van der Waals surface area contributed by atoms with Gasteiger partial charge in [-0.05, 0) is 19.1 Å². The van der Waals surface area contributed by atoms with Crippen molar-refractivity contribution in [1.82, 2.24) is 10.1 Å². The van der Waals surface area contributed by atoms with Crippen LogP contribution < -0.4 is 4.74 Å². The number of halogens is 3. The summed E-state index contributed by atoms with van der Waals surface area (Å²) in [6, 6.07) is 7.26. The number of ether oxygens (including phenoxy) is 1. The van der Waals surface area contributed by atoms with Crippen LogP contribution >= 0.6 is 34.8 Å². The van der Waals surface area contributed by atoms with Crippen LogP contribution in [0.4, 0.5) is 0 Å². The fourth-order valence-corrected chi connectivity index (χ4v) is 1.58. The van der Waals surface area contributed by atoms with Gasteiger partial charge >= 0.3 is 0 Å². The van der Waals surface area contributed by atoms with E-state index in [-0.39, 0.29) is 5.89 Å². The van der Waals surface area contributed by atoms with Gasteiger partial charge in [0.25, 0.3) is 9.68 Å². The van der Waals surface area contributed by atoms with Crippen LogP contribution in [0, 0.1) is 0 Å². The summed E-state index contributed by atoms with van der Waals surface area (Å²) in [5, 5.41) is 3.76. The van der Waals surface area contributed by atoms with Gasteiger partial charge in [-0.25, -0.2) is 0 Å². The molecule has 0 saturated carbocycles. The lowest BCUT2D eigenvalue weighted by atomic mass is 10.2. The number of benzene rings is 1. The molecule has 0 saturated heterocycles. The van der Waals surface area contributed by atoms with Crippen molar-refractivity contribution in [1.29, 1.82) is 0 Å². The first-order valence-electron chi connectivity index (χ1n) is 5.15. The first-order chi connectivity index (χ1) is 8.50. The summed E-state index contributed by atoms with van der Waals surface area (Å²) in [6.45, 7) is 2.48. The second-order valence-electron chi connectivity index (χ2n) is 3.38. The third kappa shape index (κ3) is 3.07. The Bertz CT molecular complexity index is 537. The van der Waals surface area contributed by atoms with Gasteiger partial charge in [0, 0.05) is 5.56 Å². The summed E-state index contributed by atoms with van der Waals surface area (Å²) < 4.78 is 8.54. The summed E-state index contributed by atoms with van der Waals surface area (Å²) in [4.78, 5) is 4.02. The molecule has 1 aromatic carbocycles. The van der Waals surface area contributed by atoms with Gasteiger partial charge in [-0.15, -0.1) is 0 Å². The maximum Gasteiger partial charge on any atom is 0.279 e. The van der Waals surface area contributed by atoms with E-state index in [9.17, 15) is 0 Å². The Morgan fingerprint density at radius 3 is 2.72 bits per heavy atom. The zero-order valence-corrected chi connectivity index (χ0v) is 11.6. The maximum absolute atomic E-state index is 5.65. The lowest BCUT2D eigenvalue weighted by Gasteiger charge is -2.03. The van der Waals surface area contributed by atoms with Crippen molar-refractivity contribution in [2.45, 2.75) is 10.7 Å². The summed E-state index contributed by atoms with van der Waals surface area (Å²) in [6.07, 6.45) is 0. The normalized spacial score (nSPS) is 11.6. The molecule has 0 bridgehead atoms. The molecule has 0 aliphatic heterocycles. The van der Waals surface area contributed by atoms with E-state index >= 15 is 0 Å². The van der Waals surface area contributed by atoms with Crippen molar-refractivity contribution < 1.29 is 9.26 Å². The molecule has 96 valence electrons. The molecule has 4 nitrogen and oxygen atoms in total. The van der Waals surface area contributed by atoms with E-state index in [4.69, 9.17) is 44.1 Å². The summed E-state index contributed by atoms with van der Waals surface area (Å²) in [7, 11) is 0. The largest absolute Gasteiger partial charge is 0.494 e. The number of hydrogen-bond acceptors (Lipinski definition) is 4. The molecule has 2 aromatic rings. The van der Waals surface area contributed by atoms with Gasteiger partial charge in [-0.3, -0.25) is 0 Å². The van der Waals surface area contributed by atoms with Crippen LogP contribution in [0.25, 0.3) is 11.4 Å². The SMILES string of the molecule is CCOc1cccc(-c2noc(C(Cl)(Cl)Cl)n2)c1. The highest BCUT2D eigenvalue weighted by molar-refractivity contribution is 6.66. The van der Waals surface area contributed by atoms with Crippen molar-refractivity contribution in [3.8, 4) is 17.1 Å². The molecule has 7 heteroatoms. The fourth-order valence-electron chi connectivity index (χ4n) is 1.35. The summed E-state index contributed by atoms with van der Waals surface area (Å²) >= 11 is 17.0. The molecule has 2 rings (SSSR count). The predicted molar refractivity (Wildman–Crippen MR) is 70.1 cm³/mol. The van der Waals surface area contributed by atoms with Crippen molar-refractivity contribution in [2.75, 3.05) is 6.61 Å². The Morgan fingerprint density at radius 1 is 1.33 bits per heavy atom. The quantitative estimate of drug-likeness (QED) is 0.805. The highest BCUT2D eigenvalue weighted by Gasteiger charge is 2.30. The Balaban J connectivity index is 2.31.